The minimum atomic E-state index is 0.0126. The van der Waals surface area contributed by atoms with Crippen LogP contribution in [0.1, 0.15) is 22.2 Å². The van der Waals surface area contributed by atoms with Gasteiger partial charge in [0.1, 0.15) is 17.3 Å². The van der Waals surface area contributed by atoms with E-state index in [1.807, 2.05) is 30.5 Å². The Kier molecular flexibility index (Phi) is 5.37. The summed E-state index contributed by atoms with van der Waals surface area (Å²) in [6.45, 7) is 2.35. The Labute approximate surface area is 148 Å². The Hall–Kier alpha value is -2.06. The number of aromatic nitrogens is 3. The fraction of sp³-hybridized carbons (Fsp3) is 0.312. The molecule has 0 saturated heterocycles. The number of carbonyl (C=O) groups is 1. The van der Waals surface area contributed by atoms with E-state index in [2.05, 4.69) is 21.2 Å². The summed E-state index contributed by atoms with van der Waals surface area (Å²) < 4.78 is 5.49. The molecule has 3 aromatic rings. The molecule has 0 aliphatic heterocycles. The second-order valence-corrected chi connectivity index (χ2v) is 7.35. The summed E-state index contributed by atoms with van der Waals surface area (Å²) in [7, 11) is 1.76. The summed E-state index contributed by atoms with van der Waals surface area (Å²) in [6.07, 6.45) is 0.733. The number of nitrogens with one attached hydrogen (secondary N) is 1. The van der Waals surface area contributed by atoms with Crippen molar-refractivity contribution in [1.82, 2.24) is 20.1 Å². The van der Waals surface area contributed by atoms with Crippen LogP contribution in [0.5, 0.6) is 0 Å². The molecule has 3 heterocycles. The Morgan fingerprint density at radius 1 is 1.42 bits per heavy atom. The van der Waals surface area contributed by atoms with Gasteiger partial charge in [-0.1, -0.05) is 17.8 Å². The Balaban J connectivity index is 1.48. The maximum Gasteiger partial charge on any atom is 0.233 e. The summed E-state index contributed by atoms with van der Waals surface area (Å²) in [5, 5.41) is 9.71. The number of thioether (sulfide) groups is 1. The molecule has 24 heavy (non-hydrogen) atoms. The van der Waals surface area contributed by atoms with E-state index in [0.717, 1.165) is 23.8 Å². The zero-order valence-electron chi connectivity index (χ0n) is 13.5. The molecule has 0 unspecified atom stereocenters. The van der Waals surface area contributed by atoms with Crippen LogP contribution in [0.15, 0.2) is 39.2 Å². The monoisotopic (exact) mass is 362 g/mol. The van der Waals surface area contributed by atoms with Crippen LogP contribution in [-0.4, -0.2) is 38.8 Å². The Morgan fingerprint density at radius 3 is 3.00 bits per heavy atom. The average molecular weight is 362 g/mol. The standard InChI is InChI=1S/C16H18N4O2S2/c1-11-5-6-12(22-11)9-20(2)15(21)10-24-16-17-14(18-19-16)8-13-4-3-7-23-13/h3-7H,8-10H2,1-2H3,(H,17,18,19). The van der Waals surface area contributed by atoms with Crippen molar-refractivity contribution in [2.45, 2.75) is 25.0 Å². The van der Waals surface area contributed by atoms with Crippen LogP contribution in [0.25, 0.3) is 0 Å². The number of H-pyrrole nitrogens is 1. The molecule has 126 valence electrons. The number of thiophene rings is 1. The van der Waals surface area contributed by atoms with E-state index < -0.39 is 0 Å². The molecule has 0 spiro atoms. The lowest BCUT2D eigenvalue weighted by atomic mass is 10.3. The molecule has 3 aromatic heterocycles. The smallest absolute Gasteiger partial charge is 0.233 e. The predicted molar refractivity (Wildman–Crippen MR) is 94.2 cm³/mol. The molecule has 3 rings (SSSR count). The fourth-order valence-electron chi connectivity index (χ4n) is 2.13. The van der Waals surface area contributed by atoms with Gasteiger partial charge in [-0.25, -0.2) is 4.98 Å². The molecule has 0 aliphatic rings. The largest absolute Gasteiger partial charge is 0.464 e. The van der Waals surface area contributed by atoms with Gasteiger partial charge in [0.2, 0.25) is 11.1 Å². The third-order valence-corrected chi connectivity index (χ3v) is 5.08. The first-order chi connectivity index (χ1) is 11.6. The molecule has 0 aromatic carbocycles. The quantitative estimate of drug-likeness (QED) is 0.654. The average Bonchev–Trinajstić information content (AvgIpc) is 3.29. The summed E-state index contributed by atoms with van der Waals surface area (Å²) >= 11 is 3.02. The van der Waals surface area contributed by atoms with E-state index in [-0.39, 0.29) is 5.91 Å². The lowest BCUT2D eigenvalue weighted by Crippen LogP contribution is -2.27. The highest BCUT2D eigenvalue weighted by Gasteiger charge is 2.13. The molecule has 0 fully saturated rings. The lowest BCUT2D eigenvalue weighted by molar-refractivity contribution is -0.127. The second-order valence-electron chi connectivity index (χ2n) is 5.37. The van der Waals surface area contributed by atoms with Crippen LogP contribution in [-0.2, 0) is 17.8 Å². The molecular formula is C16H18N4O2S2. The molecule has 0 bridgehead atoms. The molecule has 1 amide bonds. The van der Waals surface area contributed by atoms with Crippen molar-refractivity contribution in [2.75, 3.05) is 12.8 Å². The SMILES string of the molecule is Cc1ccc(CN(C)C(=O)CSc2n[nH]c(Cc3cccs3)n2)o1. The first-order valence-corrected chi connectivity index (χ1v) is 9.32. The van der Waals surface area contributed by atoms with E-state index >= 15 is 0 Å². The molecule has 1 N–H and O–H groups in total. The number of nitrogens with zero attached hydrogens (tertiary/aromatic N) is 3. The highest BCUT2D eigenvalue weighted by atomic mass is 32.2. The molecule has 0 radical (unpaired) electrons. The van der Waals surface area contributed by atoms with Gasteiger partial charge in [0.05, 0.1) is 12.3 Å². The zero-order chi connectivity index (χ0) is 16.9. The first-order valence-electron chi connectivity index (χ1n) is 7.46. The van der Waals surface area contributed by atoms with Crippen molar-refractivity contribution in [1.29, 1.82) is 0 Å². The van der Waals surface area contributed by atoms with Crippen LogP contribution in [0.4, 0.5) is 0 Å². The fourth-order valence-corrected chi connectivity index (χ4v) is 3.60. The normalized spacial score (nSPS) is 10.9. The zero-order valence-corrected chi connectivity index (χ0v) is 15.1. The summed E-state index contributed by atoms with van der Waals surface area (Å²) in [4.78, 5) is 19.5. The molecule has 6 nitrogen and oxygen atoms in total. The van der Waals surface area contributed by atoms with Gasteiger partial charge in [-0.2, -0.15) is 0 Å². The van der Waals surface area contributed by atoms with Crippen LogP contribution < -0.4 is 0 Å². The van der Waals surface area contributed by atoms with E-state index in [1.165, 1.54) is 16.6 Å². The van der Waals surface area contributed by atoms with Gasteiger partial charge >= 0.3 is 0 Å². The van der Waals surface area contributed by atoms with Crippen LogP contribution in [0, 0.1) is 6.92 Å². The van der Waals surface area contributed by atoms with Crippen molar-refractivity contribution < 1.29 is 9.21 Å². The lowest BCUT2D eigenvalue weighted by Gasteiger charge is -2.14. The van der Waals surface area contributed by atoms with Gasteiger partial charge in [0.15, 0.2) is 0 Å². The summed E-state index contributed by atoms with van der Waals surface area (Å²) in [5.74, 6) is 2.75. The van der Waals surface area contributed by atoms with Gasteiger partial charge in [0.25, 0.3) is 0 Å². The Bertz CT molecular complexity index is 795. The van der Waals surface area contributed by atoms with E-state index in [0.29, 0.717) is 17.5 Å². The number of carbonyl (C=O) groups excluding carboxylic acids is 1. The molecule has 0 saturated carbocycles. The topological polar surface area (TPSA) is 75.0 Å². The maximum absolute atomic E-state index is 12.2. The van der Waals surface area contributed by atoms with Crippen LogP contribution in [0.3, 0.4) is 0 Å². The number of hydrogen-bond donors (Lipinski definition) is 1. The number of furan rings is 1. The number of hydrogen-bond acceptors (Lipinski definition) is 6. The van der Waals surface area contributed by atoms with Gasteiger partial charge in [-0.3, -0.25) is 9.89 Å². The Morgan fingerprint density at radius 2 is 2.29 bits per heavy atom. The molecule has 0 aliphatic carbocycles. The second kappa shape index (κ2) is 7.67. The number of amides is 1. The summed E-state index contributed by atoms with van der Waals surface area (Å²) in [6, 6.07) is 7.86. The third kappa shape index (κ3) is 4.48. The minimum Gasteiger partial charge on any atom is -0.464 e. The van der Waals surface area contributed by atoms with E-state index in [1.54, 1.807) is 23.3 Å². The molecule has 0 atom stereocenters. The van der Waals surface area contributed by atoms with Crippen LogP contribution >= 0.6 is 23.1 Å². The van der Waals surface area contributed by atoms with Gasteiger partial charge in [0, 0.05) is 18.3 Å². The van der Waals surface area contributed by atoms with Gasteiger partial charge in [-0.05, 0) is 30.5 Å². The van der Waals surface area contributed by atoms with Crippen molar-refractivity contribution in [2.24, 2.45) is 0 Å². The van der Waals surface area contributed by atoms with Crippen molar-refractivity contribution >= 4 is 29.0 Å². The highest BCUT2D eigenvalue weighted by Crippen LogP contribution is 2.17. The van der Waals surface area contributed by atoms with Gasteiger partial charge in [-0.15, -0.1) is 16.4 Å². The van der Waals surface area contributed by atoms with Crippen molar-refractivity contribution in [3.05, 3.63) is 51.9 Å². The minimum absolute atomic E-state index is 0.0126. The van der Waals surface area contributed by atoms with E-state index in [9.17, 15) is 4.79 Å². The highest BCUT2D eigenvalue weighted by molar-refractivity contribution is 7.99. The maximum atomic E-state index is 12.2. The predicted octanol–water partition coefficient (Wildman–Crippen LogP) is 3.11. The van der Waals surface area contributed by atoms with E-state index in [4.69, 9.17) is 4.42 Å². The number of rotatable bonds is 7. The number of aryl methyl sites for hydroxylation is 1. The van der Waals surface area contributed by atoms with Crippen LogP contribution in [0.2, 0.25) is 0 Å². The van der Waals surface area contributed by atoms with Crippen molar-refractivity contribution in [3.63, 3.8) is 0 Å². The van der Waals surface area contributed by atoms with Crippen molar-refractivity contribution in [3.8, 4) is 0 Å². The molecule has 8 heteroatoms. The van der Waals surface area contributed by atoms with Gasteiger partial charge < -0.3 is 9.32 Å². The summed E-state index contributed by atoms with van der Waals surface area (Å²) in [5.41, 5.74) is 0. The number of aromatic amines is 1. The molecular weight excluding hydrogens is 344 g/mol. The third-order valence-electron chi connectivity index (χ3n) is 3.37. The first kappa shape index (κ1) is 16.8.